The van der Waals surface area contributed by atoms with Crippen LogP contribution in [0.2, 0.25) is 0 Å². The molecule has 0 radical (unpaired) electrons. The maximum Gasteiger partial charge on any atom is 0.159 e. The lowest BCUT2D eigenvalue weighted by molar-refractivity contribution is 1.09. The molecule has 0 spiro atoms. The highest BCUT2D eigenvalue weighted by Gasteiger charge is 2.24. The Kier molecular flexibility index (Phi) is 6.22. The van der Waals surface area contributed by atoms with Crippen molar-refractivity contribution in [2.45, 2.75) is 0 Å². The molecule has 0 saturated heterocycles. The van der Waals surface area contributed by atoms with E-state index in [0.717, 1.165) is 39.2 Å². The van der Waals surface area contributed by atoms with Crippen molar-refractivity contribution in [3.63, 3.8) is 0 Å². The lowest BCUT2D eigenvalue weighted by atomic mass is 10.0. The molecule has 0 fully saturated rings. The van der Waals surface area contributed by atoms with Crippen LogP contribution in [0.5, 0.6) is 0 Å². The number of nitrogens with zero attached hydrogens (tertiary/aromatic N) is 4. The summed E-state index contributed by atoms with van der Waals surface area (Å²) in [5.41, 5.74) is 9.59. The molecule has 11 aromatic rings. The van der Waals surface area contributed by atoms with Crippen molar-refractivity contribution >= 4 is 65.2 Å². The number of fused-ring (bicyclic) bond motifs is 10. The fourth-order valence-electron chi connectivity index (χ4n) is 8.23. The maximum atomic E-state index is 5.30. The Bertz CT molecular complexity index is 3160. The van der Waals surface area contributed by atoms with Gasteiger partial charge in [0.15, 0.2) is 5.82 Å². The molecule has 0 aliphatic carbocycles. The highest BCUT2D eigenvalue weighted by Crippen LogP contribution is 2.45. The summed E-state index contributed by atoms with van der Waals surface area (Å²) in [5, 5.41) is 9.77. The first kappa shape index (κ1) is 28.8. The van der Waals surface area contributed by atoms with E-state index in [9.17, 15) is 0 Å². The van der Waals surface area contributed by atoms with Crippen LogP contribution in [0.4, 0.5) is 0 Å². The minimum absolute atomic E-state index is 0.702. The summed E-state index contributed by atoms with van der Waals surface area (Å²) in [6.07, 6.45) is 2.01. The molecule has 0 aliphatic rings. The van der Waals surface area contributed by atoms with Crippen molar-refractivity contribution in [3.05, 3.63) is 182 Å². The van der Waals surface area contributed by atoms with Gasteiger partial charge in [0.05, 0.1) is 39.6 Å². The van der Waals surface area contributed by atoms with E-state index < -0.39 is 0 Å². The normalized spacial score (nSPS) is 11.8. The van der Waals surface area contributed by atoms with Gasteiger partial charge in [-0.1, -0.05) is 140 Å². The van der Waals surface area contributed by atoms with Gasteiger partial charge in [0.1, 0.15) is 0 Å². The van der Waals surface area contributed by atoms with Gasteiger partial charge >= 0.3 is 0 Å². The molecule has 8 aromatic carbocycles. The summed E-state index contributed by atoms with van der Waals surface area (Å²) in [7, 11) is 0. The lowest BCUT2D eigenvalue weighted by Gasteiger charge is -2.14. The molecule has 0 saturated carbocycles. The van der Waals surface area contributed by atoms with Crippen LogP contribution in [0.1, 0.15) is 0 Å². The molecular weight excluding hydrogens is 633 g/mol. The van der Waals surface area contributed by atoms with Gasteiger partial charge in [0.2, 0.25) is 0 Å². The molecule has 11 rings (SSSR count). The van der Waals surface area contributed by atoms with Gasteiger partial charge in [-0.05, 0) is 57.9 Å². The van der Waals surface area contributed by atoms with E-state index in [0.29, 0.717) is 5.82 Å². The van der Waals surface area contributed by atoms with Crippen molar-refractivity contribution < 1.29 is 0 Å². The van der Waals surface area contributed by atoms with Crippen LogP contribution >= 0.6 is 0 Å². The topological polar surface area (TPSA) is 35.6 Å². The van der Waals surface area contributed by atoms with Crippen molar-refractivity contribution in [3.8, 4) is 34.0 Å². The molecule has 0 aliphatic heterocycles. The summed E-state index contributed by atoms with van der Waals surface area (Å²) in [6, 6.07) is 62.8. The maximum absolute atomic E-state index is 5.30. The molecule has 4 nitrogen and oxygen atoms in total. The first-order chi connectivity index (χ1) is 25.8. The van der Waals surface area contributed by atoms with E-state index in [1.165, 1.54) is 54.1 Å². The zero-order chi connectivity index (χ0) is 34.2. The molecule has 4 heteroatoms. The van der Waals surface area contributed by atoms with E-state index in [-0.39, 0.29) is 0 Å². The summed E-state index contributed by atoms with van der Waals surface area (Å²) in [5.74, 6) is 0.702. The van der Waals surface area contributed by atoms with Crippen LogP contribution in [0, 0.1) is 0 Å². The third-order valence-corrected chi connectivity index (χ3v) is 10.5. The summed E-state index contributed by atoms with van der Waals surface area (Å²) >= 11 is 0. The Labute approximate surface area is 299 Å². The van der Waals surface area contributed by atoms with E-state index in [1.807, 2.05) is 24.4 Å². The minimum atomic E-state index is 0.702. The SMILES string of the molecule is c1ccc(-c2ncc(-n3c4ccc5ccccc5c4c4c3ccc3c5cc6ccccc6cc5n(-c5ccccc5)c34)c(-c3ccccc3)n2)cc1. The molecule has 3 heterocycles. The van der Waals surface area contributed by atoms with Crippen molar-refractivity contribution in [1.29, 1.82) is 0 Å². The second kappa shape index (κ2) is 11.2. The third-order valence-electron chi connectivity index (χ3n) is 10.5. The van der Waals surface area contributed by atoms with Crippen LogP contribution in [0.3, 0.4) is 0 Å². The molecule has 3 aromatic heterocycles. The standard InChI is InChI=1S/C48H30N4/c1-4-15-32(16-5-1)46-43(30-49-48(50-46)33-17-6-2-7-18-33)52-40-26-24-31-14-12-13-23-37(31)44(40)45-41(52)27-25-38-39-28-34-19-10-11-20-35(34)29-42(39)51(47(38)45)36-21-8-3-9-22-36/h1-30H. The van der Waals surface area contributed by atoms with E-state index in [2.05, 4.69) is 167 Å². The van der Waals surface area contributed by atoms with Gasteiger partial charge in [-0.2, -0.15) is 0 Å². The van der Waals surface area contributed by atoms with Gasteiger partial charge in [0.25, 0.3) is 0 Å². The minimum Gasteiger partial charge on any atom is -0.309 e. The number of hydrogen-bond acceptors (Lipinski definition) is 2. The molecule has 242 valence electrons. The molecular formula is C48H30N4. The van der Waals surface area contributed by atoms with Gasteiger partial charge < -0.3 is 9.13 Å². The van der Waals surface area contributed by atoms with E-state index in [4.69, 9.17) is 9.97 Å². The zero-order valence-corrected chi connectivity index (χ0v) is 28.1. The third kappa shape index (κ3) is 4.21. The smallest absolute Gasteiger partial charge is 0.159 e. The molecule has 0 amide bonds. The van der Waals surface area contributed by atoms with Crippen LogP contribution in [0.15, 0.2) is 182 Å². The second-order valence-electron chi connectivity index (χ2n) is 13.4. The van der Waals surface area contributed by atoms with Gasteiger partial charge in [0, 0.05) is 38.4 Å². The van der Waals surface area contributed by atoms with Gasteiger partial charge in [-0.15, -0.1) is 0 Å². The van der Waals surface area contributed by atoms with Crippen molar-refractivity contribution in [2.24, 2.45) is 0 Å². The van der Waals surface area contributed by atoms with Crippen LogP contribution in [0.25, 0.3) is 99.2 Å². The van der Waals surface area contributed by atoms with Crippen molar-refractivity contribution in [2.75, 3.05) is 0 Å². The highest BCUT2D eigenvalue weighted by atomic mass is 15.0. The average Bonchev–Trinajstić information content (AvgIpc) is 3.73. The first-order valence-corrected chi connectivity index (χ1v) is 17.7. The quantitative estimate of drug-likeness (QED) is 0.188. The highest BCUT2D eigenvalue weighted by molar-refractivity contribution is 6.31. The summed E-state index contributed by atoms with van der Waals surface area (Å²) < 4.78 is 4.86. The number of rotatable bonds is 4. The number of benzene rings is 8. The predicted molar refractivity (Wildman–Crippen MR) is 217 cm³/mol. The molecule has 52 heavy (non-hydrogen) atoms. The predicted octanol–water partition coefficient (Wildman–Crippen LogP) is 12.3. The van der Waals surface area contributed by atoms with E-state index in [1.54, 1.807) is 0 Å². The Hall–Kier alpha value is -7.04. The first-order valence-electron chi connectivity index (χ1n) is 17.7. The van der Waals surface area contributed by atoms with Crippen LogP contribution < -0.4 is 0 Å². The molecule has 0 unspecified atom stereocenters. The summed E-state index contributed by atoms with van der Waals surface area (Å²) in [6.45, 7) is 0. The Balaban J connectivity index is 1.35. The molecule has 0 N–H and O–H groups in total. The van der Waals surface area contributed by atoms with Crippen molar-refractivity contribution in [1.82, 2.24) is 19.1 Å². The second-order valence-corrected chi connectivity index (χ2v) is 13.4. The molecule has 0 atom stereocenters. The number of para-hydroxylation sites is 1. The fraction of sp³-hybridized carbons (Fsp3) is 0. The van der Waals surface area contributed by atoms with Gasteiger partial charge in [-0.3, -0.25) is 0 Å². The average molecular weight is 663 g/mol. The lowest BCUT2D eigenvalue weighted by Crippen LogP contribution is -2.02. The van der Waals surface area contributed by atoms with Gasteiger partial charge in [-0.25, -0.2) is 9.97 Å². The largest absolute Gasteiger partial charge is 0.309 e. The van der Waals surface area contributed by atoms with Crippen LogP contribution in [-0.2, 0) is 0 Å². The number of aromatic nitrogens is 4. The van der Waals surface area contributed by atoms with E-state index >= 15 is 0 Å². The summed E-state index contributed by atoms with van der Waals surface area (Å²) in [4.78, 5) is 10.3. The zero-order valence-electron chi connectivity index (χ0n) is 28.1. The number of hydrogen-bond donors (Lipinski definition) is 0. The fourth-order valence-corrected chi connectivity index (χ4v) is 8.23. The monoisotopic (exact) mass is 662 g/mol. The van der Waals surface area contributed by atoms with Crippen LogP contribution in [-0.4, -0.2) is 19.1 Å². The Morgan fingerprint density at radius 2 is 1.02 bits per heavy atom. The Morgan fingerprint density at radius 3 is 1.79 bits per heavy atom. The molecule has 0 bridgehead atoms. The Morgan fingerprint density at radius 1 is 0.404 bits per heavy atom.